The quantitative estimate of drug-likeness (QED) is 0.870. The van der Waals surface area contributed by atoms with Crippen molar-refractivity contribution in [3.05, 3.63) is 59.1 Å². The van der Waals surface area contributed by atoms with Crippen LogP contribution in [0.4, 0.5) is 4.39 Å². The van der Waals surface area contributed by atoms with Gasteiger partial charge in [-0.25, -0.2) is 12.8 Å². The lowest BCUT2D eigenvalue weighted by atomic mass is 10.3. The van der Waals surface area contributed by atoms with E-state index in [1.165, 1.54) is 6.20 Å². The molecule has 0 fully saturated rings. The Kier molecular flexibility index (Phi) is 5.47. The fourth-order valence-electron chi connectivity index (χ4n) is 1.88. The van der Waals surface area contributed by atoms with Crippen molar-refractivity contribution in [3.8, 4) is 0 Å². The molecule has 1 aromatic carbocycles. The Morgan fingerprint density at radius 1 is 1.32 bits per heavy atom. The molecule has 22 heavy (non-hydrogen) atoms. The fourth-order valence-corrected chi connectivity index (χ4v) is 3.57. The van der Waals surface area contributed by atoms with Crippen molar-refractivity contribution in [2.75, 3.05) is 13.2 Å². The van der Waals surface area contributed by atoms with Gasteiger partial charge in [0.25, 0.3) is 0 Å². The molecule has 0 amide bonds. The molecule has 2 aromatic rings. The topological polar surface area (TPSA) is 70.5 Å². The first-order valence-corrected chi connectivity index (χ1v) is 8.22. The molecule has 0 atom stereocenters. The summed E-state index contributed by atoms with van der Waals surface area (Å²) in [6, 6.07) is 6.61. The lowest BCUT2D eigenvalue weighted by Gasteiger charge is -2.21. The van der Waals surface area contributed by atoms with Crippen molar-refractivity contribution in [1.82, 2.24) is 9.29 Å². The molecule has 0 aliphatic carbocycles. The number of hydrogen-bond acceptors (Lipinski definition) is 4. The summed E-state index contributed by atoms with van der Waals surface area (Å²) >= 11 is 5.64. The highest BCUT2D eigenvalue weighted by atomic mass is 35.5. The normalized spacial score (nSPS) is 11.8. The van der Waals surface area contributed by atoms with Crippen LogP contribution in [0.2, 0.25) is 5.02 Å². The van der Waals surface area contributed by atoms with Crippen LogP contribution in [0.5, 0.6) is 0 Å². The van der Waals surface area contributed by atoms with Gasteiger partial charge in [0.1, 0.15) is 5.82 Å². The van der Waals surface area contributed by atoms with Crippen molar-refractivity contribution in [3.63, 3.8) is 0 Å². The Labute approximate surface area is 133 Å². The molecule has 1 N–H and O–H groups in total. The zero-order valence-corrected chi connectivity index (χ0v) is 13.1. The zero-order valence-electron chi connectivity index (χ0n) is 11.5. The molecule has 0 aliphatic heterocycles. The summed E-state index contributed by atoms with van der Waals surface area (Å²) < 4.78 is 39.5. The number of hydrogen-bond donors (Lipinski definition) is 1. The number of benzene rings is 1. The summed E-state index contributed by atoms with van der Waals surface area (Å²) in [7, 11) is -3.91. The first-order valence-electron chi connectivity index (χ1n) is 6.40. The summed E-state index contributed by atoms with van der Waals surface area (Å²) in [5, 5.41) is 8.84. The summed E-state index contributed by atoms with van der Waals surface area (Å²) in [6.45, 7) is -0.383. The van der Waals surface area contributed by atoms with Gasteiger partial charge in [0, 0.05) is 25.5 Å². The molecule has 5 nitrogen and oxygen atoms in total. The summed E-state index contributed by atoms with van der Waals surface area (Å²) in [6.07, 6.45) is 3.12. The molecule has 0 saturated heterocycles. The van der Waals surface area contributed by atoms with Crippen molar-refractivity contribution in [1.29, 1.82) is 0 Å². The summed E-state index contributed by atoms with van der Waals surface area (Å²) in [4.78, 5) is 3.80. The number of pyridine rings is 1. The molecule has 0 radical (unpaired) electrons. The Bertz CT molecular complexity index is 741. The van der Waals surface area contributed by atoms with Crippen LogP contribution in [0, 0.1) is 5.82 Å². The van der Waals surface area contributed by atoms with Crippen molar-refractivity contribution >= 4 is 21.6 Å². The number of nitrogens with zero attached hydrogens (tertiary/aromatic N) is 2. The second kappa shape index (κ2) is 7.15. The van der Waals surface area contributed by atoms with Gasteiger partial charge in [0.15, 0.2) is 0 Å². The van der Waals surface area contributed by atoms with Crippen LogP contribution in [-0.2, 0) is 16.6 Å². The van der Waals surface area contributed by atoms with Crippen LogP contribution in [-0.4, -0.2) is 36.0 Å². The fraction of sp³-hybridized carbons (Fsp3) is 0.214. The standard InChI is InChI=1S/C14H14ClFN2O3S/c15-13-8-12(3-4-14(13)16)22(20,21)18(6-7-19)10-11-2-1-5-17-9-11/h1-5,8-9,19H,6-7,10H2. The highest BCUT2D eigenvalue weighted by Crippen LogP contribution is 2.23. The Morgan fingerprint density at radius 3 is 2.68 bits per heavy atom. The lowest BCUT2D eigenvalue weighted by molar-refractivity contribution is 0.251. The van der Waals surface area contributed by atoms with Crippen LogP contribution >= 0.6 is 11.6 Å². The Hall–Kier alpha value is -1.54. The van der Waals surface area contributed by atoms with Gasteiger partial charge in [-0.15, -0.1) is 0 Å². The highest BCUT2D eigenvalue weighted by Gasteiger charge is 2.25. The van der Waals surface area contributed by atoms with E-state index in [0.29, 0.717) is 5.56 Å². The predicted molar refractivity (Wildman–Crippen MR) is 80.3 cm³/mol. The zero-order chi connectivity index (χ0) is 16.2. The van der Waals surface area contributed by atoms with Crippen LogP contribution in [0.25, 0.3) is 0 Å². The highest BCUT2D eigenvalue weighted by molar-refractivity contribution is 7.89. The minimum Gasteiger partial charge on any atom is -0.395 e. The van der Waals surface area contributed by atoms with Gasteiger partial charge in [-0.3, -0.25) is 4.98 Å². The molecule has 0 bridgehead atoms. The maximum atomic E-state index is 13.2. The molecule has 1 heterocycles. The Morgan fingerprint density at radius 2 is 2.09 bits per heavy atom. The molecular weight excluding hydrogens is 331 g/mol. The predicted octanol–water partition coefficient (Wildman–Crippen LogP) is 2.06. The molecule has 8 heteroatoms. The molecule has 0 unspecified atom stereocenters. The SMILES string of the molecule is O=S(=O)(c1ccc(F)c(Cl)c1)N(CCO)Cc1cccnc1. The van der Waals surface area contributed by atoms with Gasteiger partial charge in [0.2, 0.25) is 10.0 Å². The van der Waals surface area contributed by atoms with E-state index in [1.807, 2.05) is 0 Å². The van der Waals surface area contributed by atoms with Gasteiger partial charge in [-0.2, -0.15) is 4.31 Å². The van der Waals surface area contributed by atoms with Crippen molar-refractivity contribution < 1.29 is 17.9 Å². The van der Waals surface area contributed by atoms with E-state index in [0.717, 1.165) is 22.5 Å². The second-order valence-corrected chi connectivity index (χ2v) is 6.84. The van der Waals surface area contributed by atoms with Gasteiger partial charge in [-0.05, 0) is 29.8 Å². The lowest BCUT2D eigenvalue weighted by Crippen LogP contribution is -2.33. The molecule has 0 aliphatic rings. The van der Waals surface area contributed by atoms with Gasteiger partial charge in [0.05, 0.1) is 16.5 Å². The molecule has 0 saturated carbocycles. The van der Waals surface area contributed by atoms with E-state index in [-0.39, 0.29) is 29.6 Å². The van der Waals surface area contributed by atoms with Gasteiger partial charge >= 0.3 is 0 Å². The summed E-state index contributed by atoms with van der Waals surface area (Å²) in [5.41, 5.74) is 0.674. The average Bonchev–Trinajstić information content (AvgIpc) is 2.50. The minimum atomic E-state index is -3.91. The number of rotatable bonds is 6. The molecule has 1 aromatic heterocycles. The molecule has 2 rings (SSSR count). The molecule has 0 spiro atoms. The minimum absolute atomic E-state index is 0.0474. The van der Waals surface area contributed by atoms with Crippen molar-refractivity contribution in [2.45, 2.75) is 11.4 Å². The van der Waals surface area contributed by atoms with Crippen LogP contribution in [0.3, 0.4) is 0 Å². The maximum Gasteiger partial charge on any atom is 0.243 e. The van der Waals surface area contributed by atoms with Crippen molar-refractivity contribution in [2.24, 2.45) is 0 Å². The number of halogens is 2. The van der Waals surface area contributed by atoms with Gasteiger partial charge in [-0.1, -0.05) is 17.7 Å². The molecule has 118 valence electrons. The maximum absolute atomic E-state index is 13.2. The monoisotopic (exact) mass is 344 g/mol. The first kappa shape index (κ1) is 16.8. The number of sulfonamides is 1. The number of aromatic nitrogens is 1. The third kappa shape index (κ3) is 3.80. The van der Waals surface area contributed by atoms with Crippen LogP contribution < -0.4 is 0 Å². The van der Waals surface area contributed by atoms with Crippen LogP contribution in [0.1, 0.15) is 5.56 Å². The molecular formula is C14H14ClFN2O3S. The second-order valence-electron chi connectivity index (χ2n) is 4.50. The average molecular weight is 345 g/mol. The van der Waals surface area contributed by atoms with E-state index in [2.05, 4.69) is 4.98 Å². The number of aliphatic hydroxyl groups excluding tert-OH is 1. The smallest absolute Gasteiger partial charge is 0.243 e. The van der Waals surface area contributed by atoms with Crippen LogP contribution in [0.15, 0.2) is 47.6 Å². The van der Waals surface area contributed by atoms with E-state index in [4.69, 9.17) is 16.7 Å². The van der Waals surface area contributed by atoms with E-state index < -0.39 is 15.8 Å². The van der Waals surface area contributed by atoms with E-state index >= 15 is 0 Å². The van der Waals surface area contributed by atoms with E-state index in [1.54, 1.807) is 18.3 Å². The third-order valence-corrected chi connectivity index (χ3v) is 5.09. The largest absolute Gasteiger partial charge is 0.395 e. The first-order chi connectivity index (χ1) is 10.4. The Balaban J connectivity index is 2.35. The summed E-state index contributed by atoms with van der Waals surface area (Å²) in [5.74, 6) is -0.693. The third-order valence-electron chi connectivity index (χ3n) is 2.96. The van der Waals surface area contributed by atoms with Gasteiger partial charge < -0.3 is 5.11 Å². The number of aliphatic hydroxyl groups is 1. The van der Waals surface area contributed by atoms with E-state index in [9.17, 15) is 12.8 Å².